The lowest BCUT2D eigenvalue weighted by molar-refractivity contribution is -0.138. The number of benzene rings is 3. The maximum absolute atomic E-state index is 14.1. The third-order valence-electron chi connectivity index (χ3n) is 6.45. The number of carbonyl (C=O) groups is 1. The van der Waals surface area contributed by atoms with Gasteiger partial charge in [-0.05, 0) is 55.8 Å². The number of fused-ring (bicyclic) bond motifs is 1. The number of nitrogens with zero attached hydrogens (tertiary/aromatic N) is 2. The van der Waals surface area contributed by atoms with Gasteiger partial charge in [0.25, 0.3) is 5.56 Å². The molecule has 5 rings (SSSR count). The van der Waals surface area contributed by atoms with E-state index in [4.69, 9.17) is 37.2 Å². The van der Waals surface area contributed by atoms with Crippen molar-refractivity contribution >= 4 is 40.7 Å². The lowest BCUT2D eigenvalue weighted by Crippen LogP contribution is -2.40. The molecule has 3 aromatic carbocycles. The lowest BCUT2D eigenvalue weighted by atomic mass is 9.93. The topological polar surface area (TPSA) is 79.1 Å². The monoisotopic (exact) mass is 598 g/mol. The van der Waals surface area contributed by atoms with Gasteiger partial charge in [-0.3, -0.25) is 9.36 Å². The number of terminal acetylenes is 1. The van der Waals surface area contributed by atoms with Crippen molar-refractivity contribution < 1.29 is 19.0 Å². The Balaban J connectivity index is 1.79. The van der Waals surface area contributed by atoms with Gasteiger partial charge < -0.3 is 14.2 Å². The number of aromatic nitrogens is 1. The predicted molar refractivity (Wildman–Crippen MR) is 164 cm³/mol. The highest BCUT2D eigenvalue weighted by molar-refractivity contribution is 7.07. The van der Waals surface area contributed by atoms with Gasteiger partial charge in [0, 0.05) is 16.1 Å². The van der Waals surface area contributed by atoms with Crippen LogP contribution in [-0.4, -0.2) is 30.4 Å². The van der Waals surface area contributed by atoms with E-state index in [1.807, 2.05) is 61.5 Å². The summed E-state index contributed by atoms with van der Waals surface area (Å²) in [6.07, 6.45) is 7.09. The van der Waals surface area contributed by atoms with E-state index in [2.05, 4.69) is 5.92 Å². The van der Waals surface area contributed by atoms with Crippen LogP contribution in [0.1, 0.15) is 36.6 Å². The van der Waals surface area contributed by atoms with Crippen LogP contribution in [0.3, 0.4) is 0 Å². The molecule has 0 saturated carbocycles. The second kappa shape index (κ2) is 12.9. The first-order valence-corrected chi connectivity index (χ1v) is 14.5. The minimum Gasteiger partial charge on any atom is -0.494 e. The van der Waals surface area contributed by atoms with Crippen molar-refractivity contribution in [3.63, 3.8) is 0 Å². The minimum atomic E-state index is -0.801. The van der Waals surface area contributed by atoms with Crippen molar-refractivity contribution in [1.29, 1.82) is 0 Å². The van der Waals surface area contributed by atoms with Crippen LogP contribution in [0.15, 0.2) is 88.2 Å². The molecule has 1 aromatic heterocycles. The van der Waals surface area contributed by atoms with Crippen molar-refractivity contribution in [2.24, 2.45) is 4.99 Å². The van der Waals surface area contributed by atoms with Crippen LogP contribution in [0.4, 0.5) is 0 Å². The molecule has 0 N–H and O–H groups in total. The lowest BCUT2D eigenvalue weighted by Gasteiger charge is -2.26. The second-order valence-electron chi connectivity index (χ2n) is 9.11. The summed E-state index contributed by atoms with van der Waals surface area (Å²) in [5.41, 5.74) is 2.42. The van der Waals surface area contributed by atoms with Gasteiger partial charge in [0.1, 0.15) is 18.1 Å². The Morgan fingerprint density at radius 3 is 2.52 bits per heavy atom. The molecule has 212 valence electrons. The number of carbonyl (C=O) groups excluding carboxylic acids is 1. The van der Waals surface area contributed by atoms with Gasteiger partial charge in [-0.2, -0.15) is 0 Å². The predicted octanol–water partition coefficient (Wildman–Crippen LogP) is 5.00. The van der Waals surface area contributed by atoms with Gasteiger partial charge in [0.15, 0.2) is 4.80 Å². The van der Waals surface area contributed by atoms with E-state index in [1.54, 1.807) is 31.2 Å². The van der Waals surface area contributed by atoms with Gasteiger partial charge >= 0.3 is 5.97 Å². The maximum Gasteiger partial charge on any atom is 0.338 e. The van der Waals surface area contributed by atoms with Crippen LogP contribution in [0.5, 0.6) is 11.5 Å². The van der Waals surface area contributed by atoms with Crippen molar-refractivity contribution in [3.8, 4) is 23.8 Å². The molecule has 1 atom stereocenters. The summed E-state index contributed by atoms with van der Waals surface area (Å²) in [7, 11) is 0. The molecule has 0 amide bonds. The van der Waals surface area contributed by atoms with Crippen LogP contribution < -0.4 is 24.4 Å². The van der Waals surface area contributed by atoms with Crippen LogP contribution >= 0.6 is 22.9 Å². The largest absolute Gasteiger partial charge is 0.494 e. The molecule has 0 radical (unpaired) electrons. The van der Waals surface area contributed by atoms with Crippen LogP contribution in [0, 0.1) is 12.3 Å². The molecule has 0 unspecified atom stereocenters. The van der Waals surface area contributed by atoms with Gasteiger partial charge in [-0.15, -0.1) is 6.42 Å². The first-order valence-electron chi connectivity index (χ1n) is 13.3. The SMILES string of the molecule is C#CCOc1ccc(Cl)cc1/C=c1\sc2n(c1=O)[C@@H](c1ccc(OCC)cc1)C(C(=O)OCC)=C(c1ccccc1)N=2. The number of esters is 1. The van der Waals surface area contributed by atoms with Crippen LogP contribution in [0.2, 0.25) is 5.02 Å². The quantitative estimate of drug-likeness (QED) is 0.200. The average molecular weight is 599 g/mol. The maximum atomic E-state index is 14.1. The summed E-state index contributed by atoms with van der Waals surface area (Å²) in [5, 5.41) is 0.477. The average Bonchev–Trinajstić information content (AvgIpc) is 3.31. The fourth-order valence-electron chi connectivity index (χ4n) is 4.69. The Labute approximate surface area is 252 Å². The third-order valence-corrected chi connectivity index (χ3v) is 7.67. The number of ether oxygens (including phenoxy) is 3. The minimum absolute atomic E-state index is 0.0603. The zero-order valence-electron chi connectivity index (χ0n) is 23.0. The molecule has 7 nitrogen and oxygen atoms in total. The highest BCUT2D eigenvalue weighted by Crippen LogP contribution is 2.35. The molecule has 0 bridgehead atoms. The van der Waals surface area contributed by atoms with E-state index in [0.717, 1.165) is 5.56 Å². The zero-order valence-corrected chi connectivity index (χ0v) is 24.6. The van der Waals surface area contributed by atoms with Gasteiger partial charge in [-0.25, -0.2) is 9.79 Å². The van der Waals surface area contributed by atoms with E-state index in [-0.39, 0.29) is 24.3 Å². The second-order valence-corrected chi connectivity index (χ2v) is 10.6. The van der Waals surface area contributed by atoms with E-state index in [9.17, 15) is 9.59 Å². The van der Waals surface area contributed by atoms with E-state index in [0.29, 0.717) is 49.3 Å². The first-order chi connectivity index (χ1) is 20.4. The molecule has 0 fully saturated rings. The normalized spacial score (nSPS) is 14.5. The molecule has 42 heavy (non-hydrogen) atoms. The number of thiazole rings is 1. The van der Waals surface area contributed by atoms with Crippen molar-refractivity contribution in [2.75, 3.05) is 19.8 Å². The fraction of sp³-hybridized carbons (Fsp3) is 0.182. The van der Waals surface area contributed by atoms with E-state index < -0.39 is 12.0 Å². The van der Waals surface area contributed by atoms with Gasteiger partial charge in [-0.1, -0.05) is 71.3 Å². The molecule has 4 aromatic rings. The number of halogens is 1. The van der Waals surface area contributed by atoms with E-state index in [1.165, 1.54) is 15.9 Å². The van der Waals surface area contributed by atoms with E-state index >= 15 is 0 Å². The van der Waals surface area contributed by atoms with Crippen molar-refractivity contribution in [3.05, 3.63) is 120 Å². The van der Waals surface area contributed by atoms with Crippen molar-refractivity contribution in [2.45, 2.75) is 19.9 Å². The molecule has 0 saturated heterocycles. The molecule has 0 aliphatic carbocycles. The zero-order chi connectivity index (χ0) is 29.6. The molecule has 1 aliphatic rings. The Morgan fingerprint density at radius 1 is 1.07 bits per heavy atom. The van der Waals surface area contributed by atoms with Crippen LogP contribution in [0.25, 0.3) is 11.8 Å². The highest BCUT2D eigenvalue weighted by Gasteiger charge is 2.35. The summed E-state index contributed by atoms with van der Waals surface area (Å²) in [5.74, 6) is 3.07. The Morgan fingerprint density at radius 2 is 1.83 bits per heavy atom. The number of hydrogen-bond donors (Lipinski definition) is 0. The summed E-state index contributed by atoms with van der Waals surface area (Å²) >= 11 is 7.49. The Bertz CT molecular complexity index is 1870. The Kier molecular flexibility index (Phi) is 8.91. The molecular weight excluding hydrogens is 572 g/mol. The van der Waals surface area contributed by atoms with Gasteiger partial charge in [0.05, 0.1) is 35.1 Å². The molecule has 2 heterocycles. The number of rotatable bonds is 9. The highest BCUT2D eigenvalue weighted by atomic mass is 35.5. The molecule has 0 spiro atoms. The van der Waals surface area contributed by atoms with Crippen LogP contribution in [-0.2, 0) is 9.53 Å². The molecule has 9 heteroatoms. The molecular formula is C33H27ClN2O5S. The summed E-state index contributed by atoms with van der Waals surface area (Å²) in [4.78, 5) is 33.0. The molecule has 1 aliphatic heterocycles. The fourth-order valence-corrected chi connectivity index (χ4v) is 5.87. The third kappa shape index (κ3) is 5.89. The van der Waals surface area contributed by atoms with Crippen molar-refractivity contribution in [1.82, 2.24) is 4.57 Å². The smallest absolute Gasteiger partial charge is 0.338 e. The summed E-state index contributed by atoms with van der Waals surface area (Å²) in [6, 6.07) is 21.0. The summed E-state index contributed by atoms with van der Waals surface area (Å²) < 4.78 is 18.8. The summed E-state index contributed by atoms with van der Waals surface area (Å²) in [6.45, 7) is 4.39. The Hall–Kier alpha value is -4.58. The number of hydrogen-bond acceptors (Lipinski definition) is 7. The first kappa shape index (κ1) is 28.9. The van der Waals surface area contributed by atoms with Gasteiger partial charge in [0.2, 0.25) is 0 Å². The standard InChI is InChI=1S/C33H27ClN2O5S/c1-4-18-41-26-17-14-24(34)19-23(26)20-27-31(37)36-30(22-12-15-25(16-13-22)39-5-2)28(32(38)40-6-3)29(35-33(36)42-27)21-10-8-7-9-11-21/h1,7-17,19-20,30H,5-6,18H2,2-3H3/b27-20-/t30-/m0/s1.